The van der Waals surface area contributed by atoms with E-state index in [1.165, 1.54) is 12.8 Å². The van der Waals surface area contributed by atoms with Gasteiger partial charge in [-0.15, -0.1) is 0 Å². The van der Waals surface area contributed by atoms with Gasteiger partial charge in [0.2, 0.25) is 5.91 Å². The van der Waals surface area contributed by atoms with Crippen molar-refractivity contribution < 1.29 is 14.3 Å². The number of carbonyl (C=O) groups is 1. The van der Waals surface area contributed by atoms with E-state index in [1.54, 1.807) is 6.07 Å². The van der Waals surface area contributed by atoms with E-state index in [0.717, 1.165) is 11.4 Å². The summed E-state index contributed by atoms with van der Waals surface area (Å²) in [5.41, 5.74) is 0.738. The molecule has 96 valence electrons. The van der Waals surface area contributed by atoms with Gasteiger partial charge in [-0.3, -0.25) is 4.79 Å². The van der Waals surface area contributed by atoms with E-state index in [4.69, 9.17) is 9.47 Å². The highest BCUT2D eigenvalue weighted by atomic mass is 16.6. The predicted octanol–water partition coefficient (Wildman–Crippen LogP) is 1.15. The Morgan fingerprint density at radius 1 is 1.22 bits per heavy atom. The Bertz CT molecular complexity index is 458. The standard InChI is InChI=1S/C13H16N2O3/c16-13(8-14-9-1-2-9)15-10-3-4-11-12(7-10)18-6-5-17-11/h3-4,7,9,14H,1-2,5-6,8H2,(H,15,16). The number of benzene rings is 1. The van der Waals surface area contributed by atoms with Crippen LogP contribution in [-0.4, -0.2) is 31.7 Å². The van der Waals surface area contributed by atoms with Crippen LogP contribution in [0.5, 0.6) is 11.5 Å². The number of fused-ring (bicyclic) bond motifs is 1. The molecule has 2 N–H and O–H groups in total. The molecule has 5 nitrogen and oxygen atoms in total. The molecule has 5 heteroatoms. The molecule has 0 bridgehead atoms. The third-order valence-corrected chi connectivity index (χ3v) is 2.95. The topological polar surface area (TPSA) is 59.6 Å². The quantitative estimate of drug-likeness (QED) is 0.839. The Morgan fingerprint density at radius 3 is 2.78 bits per heavy atom. The Hall–Kier alpha value is -1.75. The van der Waals surface area contributed by atoms with Crippen molar-refractivity contribution in [1.29, 1.82) is 0 Å². The molecule has 2 aliphatic rings. The van der Waals surface area contributed by atoms with Crippen LogP contribution in [0, 0.1) is 0 Å². The highest BCUT2D eigenvalue weighted by Gasteiger charge is 2.21. The van der Waals surface area contributed by atoms with Crippen molar-refractivity contribution in [3.8, 4) is 11.5 Å². The van der Waals surface area contributed by atoms with Crippen molar-refractivity contribution in [2.75, 3.05) is 25.1 Å². The molecule has 1 aliphatic heterocycles. The molecule has 3 rings (SSSR count). The maximum Gasteiger partial charge on any atom is 0.238 e. The lowest BCUT2D eigenvalue weighted by Gasteiger charge is -2.19. The summed E-state index contributed by atoms with van der Waals surface area (Å²) in [4.78, 5) is 11.7. The summed E-state index contributed by atoms with van der Waals surface area (Å²) in [6.45, 7) is 1.48. The van der Waals surface area contributed by atoms with Gasteiger partial charge in [-0.1, -0.05) is 0 Å². The van der Waals surface area contributed by atoms with Gasteiger partial charge in [0.1, 0.15) is 13.2 Å². The first-order chi connectivity index (χ1) is 8.81. The highest BCUT2D eigenvalue weighted by Crippen LogP contribution is 2.32. The van der Waals surface area contributed by atoms with E-state index in [-0.39, 0.29) is 5.91 Å². The third kappa shape index (κ3) is 2.73. The first-order valence-corrected chi connectivity index (χ1v) is 6.24. The lowest BCUT2D eigenvalue weighted by atomic mass is 10.2. The van der Waals surface area contributed by atoms with E-state index in [1.807, 2.05) is 12.1 Å². The molecule has 1 aromatic carbocycles. The number of rotatable bonds is 4. The van der Waals surface area contributed by atoms with Crippen molar-refractivity contribution in [3.05, 3.63) is 18.2 Å². The van der Waals surface area contributed by atoms with Crippen molar-refractivity contribution >= 4 is 11.6 Å². The largest absolute Gasteiger partial charge is 0.486 e. The van der Waals surface area contributed by atoms with Gasteiger partial charge in [-0.25, -0.2) is 0 Å². The highest BCUT2D eigenvalue weighted by molar-refractivity contribution is 5.92. The fourth-order valence-electron chi connectivity index (χ4n) is 1.85. The molecule has 0 saturated heterocycles. The molecule has 1 amide bonds. The van der Waals surface area contributed by atoms with Gasteiger partial charge in [0.25, 0.3) is 0 Å². The zero-order valence-corrected chi connectivity index (χ0v) is 10.1. The summed E-state index contributed by atoms with van der Waals surface area (Å²) in [5.74, 6) is 1.39. The lowest BCUT2D eigenvalue weighted by molar-refractivity contribution is -0.115. The predicted molar refractivity (Wildman–Crippen MR) is 67.1 cm³/mol. The minimum absolute atomic E-state index is 0.0291. The van der Waals surface area contributed by atoms with Crippen LogP contribution < -0.4 is 20.1 Å². The molecule has 0 atom stereocenters. The fourth-order valence-corrected chi connectivity index (χ4v) is 1.85. The van der Waals surface area contributed by atoms with Crippen LogP contribution in [-0.2, 0) is 4.79 Å². The summed E-state index contributed by atoms with van der Waals surface area (Å²) in [6, 6.07) is 5.97. The molecule has 0 radical (unpaired) electrons. The van der Waals surface area contributed by atoms with Crippen LogP contribution in [0.3, 0.4) is 0 Å². The average molecular weight is 248 g/mol. The van der Waals surface area contributed by atoms with Gasteiger partial charge < -0.3 is 20.1 Å². The number of amides is 1. The number of hydrogen-bond acceptors (Lipinski definition) is 4. The molecule has 1 aromatic rings. The molecule has 1 saturated carbocycles. The van der Waals surface area contributed by atoms with Crippen LogP contribution in [0.25, 0.3) is 0 Å². The second kappa shape index (κ2) is 4.86. The Morgan fingerprint density at radius 2 is 2.00 bits per heavy atom. The normalized spacial score (nSPS) is 17.3. The molecule has 0 unspecified atom stereocenters. The molecule has 18 heavy (non-hydrogen) atoms. The average Bonchev–Trinajstić information content (AvgIpc) is 3.20. The van der Waals surface area contributed by atoms with E-state index < -0.39 is 0 Å². The lowest BCUT2D eigenvalue weighted by Crippen LogP contribution is -2.29. The zero-order valence-electron chi connectivity index (χ0n) is 10.1. The van der Waals surface area contributed by atoms with Crippen LogP contribution in [0.1, 0.15) is 12.8 Å². The number of anilines is 1. The number of nitrogens with one attached hydrogen (secondary N) is 2. The second-order valence-corrected chi connectivity index (χ2v) is 4.56. The van der Waals surface area contributed by atoms with Gasteiger partial charge in [0, 0.05) is 17.8 Å². The van der Waals surface area contributed by atoms with E-state index >= 15 is 0 Å². The summed E-state index contributed by atoms with van der Waals surface area (Å²) in [7, 11) is 0. The molecule has 1 heterocycles. The van der Waals surface area contributed by atoms with E-state index in [0.29, 0.717) is 31.5 Å². The van der Waals surface area contributed by atoms with Crippen LogP contribution in [0.4, 0.5) is 5.69 Å². The molecular formula is C13H16N2O3. The van der Waals surface area contributed by atoms with E-state index in [9.17, 15) is 4.79 Å². The molecule has 0 aromatic heterocycles. The monoisotopic (exact) mass is 248 g/mol. The van der Waals surface area contributed by atoms with Crippen molar-refractivity contribution in [2.45, 2.75) is 18.9 Å². The Labute approximate surface area is 105 Å². The minimum Gasteiger partial charge on any atom is -0.486 e. The molecular weight excluding hydrogens is 232 g/mol. The molecule has 0 spiro atoms. The second-order valence-electron chi connectivity index (χ2n) is 4.56. The third-order valence-electron chi connectivity index (χ3n) is 2.95. The van der Waals surface area contributed by atoms with Crippen LogP contribution in [0.15, 0.2) is 18.2 Å². The fraction of sp³-hybridized carbons (Fsp3) is 0.462. The summed E-state index contributed by atoms with van der Waals surface area (Å²) in [6.07, 6.45) is 2.36. The summed E-state index contributed by atoms with van der Waals surface area (Å²) >= 11 is 0. The Balaban J connectivity index is 1.59. The summed E-state index contributed by atoms with van der Waals surface area (Å²) in [5, 5.41) is 6.01. The van der Waals surface area contributed by atoms with Gasteiger partial charge in [0.15, 0.2) is 11.5 Å². The van der Waals surface area contributed by atoms with Crippen LogP contribution in [0.2, 0.25) is 0 Å². The minimum atomic E-state index is -0.0291. The van der Waals surface area contributed by atoms with Gasteiger partial charge in [-0.2, -0.15) is 0 Å². The van der Waals surface area contributed by atoms with Gasteiger partial charge >= 0.3 is 0 Å². The van der Waals surface area contributed by atoms with Crippen LogP contribution >= 0.6 is 0 Å². The summed E-state index contributed by atoms with van der Waals surface area (Å²) < 4.78 is 10.9. The SMILES string of the molecule is O=C(CNC1CC1)Nc1ccc2c(c1)OCCO2. The zero-order chi connectivity index (χ0) is 12.4. The van der Waals surface area contributed by atoms with Crippen molar-refractivity contribution in [3.63, 3.8) is 0 Å². The number of carbonyl (C=O) groups excluding carboxylic acids is 1. The van der Waals surface area contributed by atoms with Crippen molar-refractivity contribution in [1.82, 2.24) is 5.32 Å². The van der Waals surface area contributed by atoms with Crippen molar-refractivity contribution in [2.24, 2.45) is 0 Å². The maximum absolute atomic E-state index is 11.7. The smallest absolute Gasteiger partial charge is 0.238 e. The first-order valence-electron chi connectivity index (χ1n) is 6.24. The first kappa shape index (κ1) is 11.3. The molecule has 1 fully saturated rings. The van der Waals surface area contributed by atoms with E-state index in [2.05, 4.69) is 10.6 Å². The number of ether oxygens (including phenoxy) is 2. The molecule has 1 aliphatic carbocycles. The Kier molecular flexibility index (Phi) is 3.06. The number of hydrogen-bond donors (Lipinski definition) is 2. The van der Waals surface area contributed by atoms with Gasteiger partial charge in [-0.05, 0) is 25.0 Å². The maximum atomic E-state index is 11.7. The van der Waals surface area contributed by atoms with Gasteiger partial charge in [0.05, 0.1) is 6.54 Å².